The minimum absolute atomic E-state index is 0.0318. The number of nitrogens with zero attached hydrogens (tertiary/aromatic N) is 6. The molecule has 146 heavy (non-hydrogen) atoms. The Morgan fingerprint density at radius 1 is 0.432 bits per heavy atom. The minimum atomic E-state index is -4.44. The van der Waals surface area contributed by atoms with Crippen molar-refractivity contribution >= 4 is 102 Å². The Balaban J connectivity index is 0.000000244. The van der Waals surface area contributed by atoms with E-state index in [1.165, 1.54) is 58.7 Å². The number of benzene rings is 6. The lowest BCUT2D eigenvalue weighted by Crippen LogP contribution is -2.51. The van der Waals surface area contributed by atoms with Crippen LogP contribution in [0.1, 0.15) is 224 Å². The molecule has 0 saturated carbocycles. The van der Waals surface area contributed by atoms with Crippen LogP contribution < -0.4 is 35.2 Å². The van der Waals surface area contributed by atoms with Gasteiger partial charge >= 0.3 is 5.97 Å². The number of hydroxylamine groups is 2. The number of phenolic OH excluding ortho intramolecular Hbond substituents is 2. The van der Waals surface area contributed by atoms with E-state index < -0.39 is 60.1 Å². The molecule has 8 heterocycles. The molecule has 2 atom stereocenters. The third-order valence-electron chi connectivity index (χ3n) is 29.6. The van der Waals surface area contributed by atoms with Crippen LogP contribution in [0.2, 0.25) is 0 Å². The summed E-state index contributed by atoms with van der Waals surface area (Å²) in [5.41, 5.74) is 17.2. The normalized spacial score (nSPS) is 19.6. The van der Waals surface area contributed by atoms with Gasteiger partial charge in [0, 0.05) is 183 Å². The maximum atomic E-state index is 13.5. The van der Waals surface area contributed by atoms with Gasteiger partial charge in [0.25, 0.3) is 55.7 Å². The lowest BCUT2D eigenvalue weighted by molar-refractivity contribution is -0.438. The molecule has 6 aromatic rings. The van der Waals surface area contributed by atoms with E-state index >= 15 is 0 Å². The molecule has 8 aliphatic heterocycles. The second-order valence-corrected chi connectivity index (χ2v) is 44.1. The Kier molecular flexibility index (Phi) is 34.4. The second-order valence-electron chi connectivity index (χ2n) is 41.2. The molecule has 0 spiro atoms. The highest BCUT2D eigenvalue weighted by molar-refractivity contribution is 7.86. The molecule has 8 aliphatic rings. The van der Waals surface area contributed by atoms with Gasteiger partial charge in [0.15, 0.2) is 22.6 Å². The first kappa shape index (κ1) is 110. The molecule has 32 heteroatoms. The van der Waals surface area contributed by atoms with E-state index in [9.17, 15) is 74.5 Å². The molecule has 0 radical (unpaired) electrons. The number of hydrogen-bond acceptors (Lipinski definition) is 21. The summed E-state index contributed by atoms with van der Waals surface area (Å²) in [6, 6.07) is 22.3. The number of aryl methyl sites for hydroxylation is 2. The number of rotatable bonds is 40. The number of hydrogen-bond donors (Lipinski definition) is 7. The zero-order chi connectivity index (χ0) is 106. The number of imide groups is 2. The van der Waals surface area contributed by atoms with Crippen molar-refractivity contribution in [2.45, 2.75) is 257 Å². The Morgan fingerprint density at radius 3 is 1.25 bits per heavy atom. The van der Waals surface area contributed by atoms with Gasteiger partial charge in [0.05, 0.1) is 47.0 Å². The number of carbonyl (C=O) groups excluding carboxylic acids is 8. The molecule has 778 valence electrons. The number of amides is 7. The number of nitrogens with one attached hydrogen (secondary N) is 3. The maximum Gasteiger partial charge on any atom is 0.333 e. The number of fused-ring (bicyclic) bond motifs is 6. The quantitative estimate of drug-likeness (QED) is 0.00617. The first-order valence-electron chi connectivity index (χ1n) is 50.3. The van der Waals surface area contributed by atoms with E-state index in [1.54, 1.807) is 12.1 Å². The van der Waals surface area contributed by atoms with Crippen molar-refractivity contribution in [1.29, 1.82) is 0 Å². The third-order valence-corrected chi connectivity index (χ3v) is 31.3. The molecule has 7 N–H and O–H groups in total. The lowest BCUT2D eigenvalue weighted by Gasteiger charge is -2.36. The van der Waals surface area contributed by atoms with Gasteiger partial charge in [-0.15, -0.1) is 5.06 Å². The fourth-order valence-electron chi connectivity index (χ4n) is 20.6. The molecular formula is C114H141N9O21S2+2. The fraction of sp³-hybridized carbons (Fsp3) is 0.439. The Hall–Kier alpha value is -13.0. The van der Waals surface area contributed by atoms with Crippen molar-refractivity contribution in [2.75, 3.05) is 88.6 Å². The van der Waals surface area contributed by atoms with Crippen molar-refractivity contribution in [3.8, 4) is 23.0 Å². The molecule has 2 unspecified atom stereocenters. The molecule has 30 nitrogen and oxygen atoms in total. The number of phenols is 2. The Labute approximate surface area is 857 Å². The zero-order valence-electron chi connectivity index (χ0n) is 87.3. The minimum Gasteiger partial charge on any atom is -0.507 e. The van der Waals surface area contributed by atoms with Gasteiger partial charge < -0.3 is 59.7 Å². The summed E-state index contributed by atoms with van der Waals surface area (Å²) in [5, 5.41) is 30.5. The van der Waals surface area contributed by atoms with Crippen LogP contribution in [0, 0.1) is 55.4 Å². The van der Waals surface area contributed by atoms with Crippen LogP contribution >= 0.6 is 0 Å². The van der Waals surface area contributed by atoms with E-state index in [2.05, 4.69) is 125 Å². The highest BCUT2D eigenvalue weighted by Crippen LogP contribution is 2.52. The summed E-state index contributed by atoms with van der Waals surface area (Å²) in [6.45, 7) is 41.0. The molecule has 0 aliphatic carbocycles. The largest absolute Gasteiger partial charge is 0.507 e. The summed E-state index contributed by atoms with van der Waals surface area (Å²) in [4.78, 5) is 109. The van der Waals surface area contributed by atoms with Gasteiger partial charge in [-0.25, -0.2) is 4.79 Å². The van der Waals surface area contributed by atoms with E-state index in [4.69, 9.17) is 23.8 Å². The van der Waals surface area contributed by atoms with Gasteiger partial charge in [-0.1, -0.05) is 124 Å². The summed E-state index contributed by atoms with van der Waals surface area (Å²) in [7, 11) is -8.86. The summed E-state index contributed by atoms with van der Waals surface area (Å²) >= 11 is 0. The average molecular weight is 2040 g/mol. The molecular weight excluding hydrogens is 1900 g/mol. The number of ether oxygens (including phenoxy) is 4. The highest BCUT2D eigenvalue weighted by atomic mass is 32.2. The summed E-state index contributed by atoms with van der Waals surface area (Å²) in [5.74, 6) is -1.05. The fourth-order valence-corrected chi connectivity index (χ4v) is 21.6. The first-order chi connectivity index (χ1) is 68.9. The van der Waals surface area contributed by atoms with Crippen molar-refractivity contribution in [3.05, 3.63) is 259 Å². The Bertz CT molecular complexity index is 6750. The van der Waals surface area contributed by atoms with Crippen molar-refractivity contribution < 1.29 is 107 Å². The maximum absolute atomic E-state index is 13.5. The molecule has 0 aromatic heterocycles. The molecule has 1 saturated heterocycles. The van der Waals surface area contributed by atoms with Gasteiger partial charge in [-0.05, 0) is 229 Å². The average Bonchev–Trinajstić information content (AvgIpc) is 1.26. The van der Waals surface area contributed by atoms with Crippen molar-refractivity contribution in [1.82, 2.24) is 25.9 Å². The van der Waals surface area contributed by atoms with Gasteiger partial charge in [0.2, 0.25) is 17.3 Å². The van der Waals surface area contributed by atoms with Crippen LogP contribution in [0.25, 0.3) is 0 Å². The Morgan fingerprint density at radius 2 is 0.836 bits per heavy atom. The van der Waals surface area contributed by atoms with Gasteiger partial charge in [-0.3, -0.25) is 47.6 Å². The predicted octanol–water partition coefficient (Wildman–Crippen LogP) is 16.8. The number of carbonyl (C=O) groups is 8. The molecule has 1 fully saturated rings. The zero-order valence-corrected chi connectivity index (χ0v) is 88.9. The number of anilines is 2. The third kappa shape index (κ3) is 24.1. The predicted molar refractivity (Wildman–Crippen MR) is 562 cm³/mol. The standard InChI is InChI=1S/C58H71N5O10S.C56H68N4O11S/c1-38-21-23-46-44(36-38)56(5,6)49(62(46)33-35-72-34-30-60-55(68)58(9)28-27-43-41(4)53(67)39(2)40(3)54(43)73-58)19-15-12-10-11-14-18-48-57(7,8)45-37-42(74(69,70)71)22-24-47(45)61(48)31-17-13-16-20-50(64)59-29-32-63-51(65)25-26-52(63)66;1-36-21-23-44-42(34-36)54(5,6)47(59(44)31-33-69-32-29-57-53(65)56(9)28-27-41-39(4)51(64)37(2)38(3)52(41)70-56)19-15-12-10-11-14-18-46-55(7,8)43-35-40(72(66,67)68)22-24-45(43)58(46)30-17-13-16-20-50(63)71-60-48(61)25-26-49(60)62/h10-12,14-15,18-19,21-26,36-37H,13,16-17,20,27-35H2,1-9H3,(H3-,59,60,64,67,68,69,70,71);10-12,14-15,18-19,21-24,34-35H,13,16-17,20,25-33H2,1-9H3,(H2-,57,64,65,66,67,68)/p+2. The topological polar surface area (TPSA) is 387 Å². The van der Waals surface area contributed by atoms with Crippen LogP contribution in [0.15, 0.2) is 191 Å². The molecule has 14 rings (SSSR count). The molecule has 0 bridgehead atoms. The van der Waals surface area contributed by atoms with Crippen LogP contribution in [0.4, 0.5) is 22.7 Å². The lowest BCUT2D eigenvalue weighted by atomic mass is 9.81. The van der Waals surface area contributed by atoms with Gasteiger partial charge in [-0.2, -0.15) is 26.0 Å². The number of unbranched alkanes of at least 4 members (excludes halogenated alkanes) is 4. The van der Waals surface area contributed by atoms with Crippen LogP contribution in [-0.4, -0.2) is 204 Å². The van der Waals surface area contributed by atoms with E-state index in [0.717, 1.165) is 119 Å². The first-order valence-corrected chi connectivity index (χ1v) is 53.2. The second kappa shape index (κ2) is 45.6. The molecule has 7 amide bonds. The summed E-state index contributed by atoms with van der Waals surface area (Å²) in [6.07, 6.45) is 37.0. The highest BCUT2D eigenvalue weighted by Gasteiger charge is 2.50. The molecule has 6 aromatic carbocycles. The number of aromatic hydroxyl groups is 2. The van der Waals surface area contributed by atoms with Crippen molar-refractivity contribution in [3.63, 3.8) is 0 Å². The van der Waals surface area contributed by atoms with Crippen LogP contribution in [0.3, 0.4) is 0 Å². The van der Waals surface area contributed by atoms with Crippen LogP contribution in [0.5, 0.6) is 23.0 Å². The summed E-state index contributed by atoms with van der Waals surface area (Å²) < 4.78 is 97.7. The van der Waals surface area contributed by atoms with E-state index in [1.807, 2.05) is 156 Å². The smallest absolute Gasteiger partial charge is 0.333 e. The van der Waals surface area contributed by atoms with E-state index in [0.29, 0.717) is 140 Å². The SMILES string of the molecule is Cc1ccc2c(c1)C(C)(C)C(=CC=CC=CC=CC1=[N+](CCCCCC(=O)NCCN3C(=O)C=CC3=O)c3ccc(S(=O)(=O)O)cc3C1(C)C)N2CCOCCNC(=O)C1(C)CCc2c(C)c(O)c(C)c(C)c2O1.Cc1ccc2c(c1)C(C)(C)C(=CC=CC=CC=CC1=[N+](CCCCCC(=O)ON3C(=O)CCC3=O)c3ccc(S(=O)(=O)O)cc3C1(C)C)N2CCOCCNC(=O)C1(C)CCc2c(C)c(O)c(C)c(C)c2O1. The van der Waals surface area contributed by atoms with Crippen LogP contribution in [-0.2, 0) is 107 Å². The van der Waals surface area contributed by atoms with Crippen molar-refractivity contribution in [2.24, 2.45) is 0 Å². The number of allylic oxidation sites excluding steroid dienone is 16. The monoisotopic (exact) mass is 2040 g/mol. The van der Waals surface area contributed by atoms with E-state index in [-0.39, 0.29) is 94.0 Å². The van der Waals surface area contributed by atoms with Gasteiger partial charge in [0.1, 0.15) is 36.1 Å².